The van der Waals surface area contributed by atoms with Gasteiger partial charge in [-0.1, -0.05) is 0 Å². The van der Waals surface area contributed by atoms with Crippen LogP contribution in [0, 0.1) is 0 Å². The van der Waals surface area contributed by atoms with E-state index in [4.69, 9.17) is 5.11 Å². The first-order valence-electron chi connectivity index (χ1n) is 4.12. The van der Waals surface area contributed by atoms with Gasteiger partial charge in [0.25, 0.3) is 0 Å². The lowest BCUT2D eigenvalue weighted by atomic mass is 10.2. The summed E-state index contributed by atoms with van der Waals surface area (Å²) in [7, 11) is -1.72. The highest BCUT2D eigenvalue weighted by Gasteiger charge is 2.39. The first kappa shape index (κ1) is 11.4. The van der Waals surface area contributed by atoms with Crippen molar-refractivity contribution in [3.63, 3.8) is 0 Å². The molecule has 0 bridgehead atoms. The maximum atomic E-state index is 11.1. The van der Waals surface area contributed by atoms with Crippen molar-refractivity contribution in [1.29, 1.82) is 0 Å². The van der Waals surface area contributed by atoms with E-state index in [1.807, 2.05) is 0 Å². The number of hydrogen-bond acceptors (Lipinski definition) is 5. The van der Waals surface area contributed by atoms with E-state index in [2.05, 4.69) is 0 Å². The maximum Gasteiger partial charge on any atom is 0.317 e. The minimum atomic E-state index is -3.21. The quantitative estimate of drug-likeness (QED) is 0.584. The van der Waals surface area contributed by atoms with Crippen LogP contribution in [0.3, 0.4) is 0 Å². The molecule has 0 aromatic carbocycles. The lowest BCUT2D eigenvalue weighted by molar-refractivity contribution is -0.138. The van der Waals surface area contributed by atoms with Gasteiger partial charge in [0.2, 0.25) is 0 Å². The van der Waals surface area contributed by atoms with Crippen LogP contribution in [0.2, 0.25) is 0 Å². The van der Waals surface area contributed by atoms with Gasteiger partial charge in [0.05, 0.1) is 30.2 Å². The number of nitrogens with zero attached hydrogens (tertiary/aromatic N) is 1. The van der Waals surface area contributed by atoms with Crippen LogP contribution in [0.4, 0.5) is 0 Å². The molecule has 1 saturated heterocycles. The minimum Gasteiger partial charge on any atom is -0.480 e. The van der Waals surface area contributed by atoms with Crippen LogP contribution in [0.5, 0.6) is 0 Å². The standard InChI is InChI=1S/C7H13NO5S/c1-8(2-7(10)11)5-3-14(12,13)4-6(5)9/h5-6,9H,2-4H2,1H3,(H,10,11). The van der Waals surface area contributed by atoms with Crippen molar-refractivity contribution in [2.24, 2.45) is 0 Å². The summed E-state index contributed by atoms with van der Waals surface area (Å²) in [4.78, 5) is 11.7. The zero-order valence-electron chi connectivity index (χ0n) is 7.75. The number of carbonyl (C=O) groups is 1. The summed E-state index contributed by atoms with van der Waals surface area (Å²) in [6.07, 6.45) is -0.982. The first-order chi connectivity index (χ1) is 6.32. The van der Waals surface area contributed by atoms with Gasteiger partial charge in [-0.3, -0.25) is 9.69 Å². The fraction of sp³-hybridized carbons (Fsp3) is 0.857. The predicted octanol–water partition coefficient (Wildman–Crippen LogP) is -1.84. The van der Waals surface area contributed by atoms with Crippen molar-refractivity contribution in [2.45, 2.75) is 12.1 Å². The first-order valence-corrected chi connectivity index (χ1v) is 5.94. The summed E-state index contributed by atoms with van der Waals surface area (Å²) >= 11 is 0. The molecule has 2 atom stereocenters. The summed E-state index contributed by atoms with van der Waals surface area (Å²) in [5.74, 6) is -1.48. The second-order valence-electron chi connectivity index (χ2n) is 3.52. The molecule has 1 aliphatic rings. The largest absolute Gasteiger partial charge is 0.480 e. The van der Waals surface area contributed by atoms with Gasteiger partial charge in [0, 0.05) is 0 Å². The van der Waals surface area contributed by atoms with E-state index in [0.717, 1.165) is 0 Å². The smallest absolute Gasteiger partial charge is 0.317 e. The average Bonchev–Trinajstić information content (AvgIpc) is 2.23. The van der Waals surface area contributed by atoms with E-state index >= 15 is 0 Å². The third kappa shape index (κ3) is 2.66. The Labute approximate surface area is 82.1 Å². The molecule has 6 nitrogen and oxygen atoms in total. The molecule has 0 spiro atoms. The lowest BCUT2D eigenvalue weighted by Gasteiger charge is -2.23. The van der Waals surface area contributed by atoms with E-state index in [9.17, 15) is 18.3 Å². The van der Waals surface area contributed by atoms with Crippen molar-refractivity contribution in [2.75, 3.05) is 25.1 Å². The number of sulfone groups is 1. The molecule has 0 amide bonds. The Morgan fingerprint density at radius 1 is 1.50 bits per heavy atom. The highest BCUT2D eigenvalue weighted by Crippen LogP contribution is 2.16. The van der Waals surface area contributed by atoms with Crippen LogP contribution in [0.25, 0.3) is 0 Å². The van der Waals surface area contributed by atoms with Gasteiger partial charge in [0.15, 0.2) is 9.84 Å². The predicted molar refractivity (Wildman–Crippen MR) is 48.7 cm³/mol. The summed E-state index contributed by atoms with van der Waals surface area (Å²) in [6.45, 7) is -0.267. The monoisotopic (exact) mass is 223 g/mol. The van der Waals surface area contributed by atoms with Gasteiger partial charge in [-0.15, -0.1) is 0 Å². The van der Waals surface area contributed by atoms with Crippen LogP contribution in [-0.2, 0) is 14.6 Å². The molecule has 1 rings (SSSR count). The molecule has 1 aliphatic heterocycles. The van der Waals surface area contributed by atoms with E-state index in [0.29, 0.717) is 0 Å². The van der Waals surface area contributed by atoms with Crippen LogP contribution < -0.4 is 0 Å². The second-order valence-corrected chi connectivity index (χ2v) is 5.67. The van der Waals surface area contributed by atoms with Crippen LogP contribution in [0.15, 0.2) is 0 Å². The third-order valence-electron chi connectivity index (χ3n) is 2.24. The molecule has 14 heavy (non-hydrogen) atoms. The van der Waals surface area contributed by atoms with Gasteiger partial charge in [-0.05, 0) is 7.05 Å². The SMILES string of the molecule is CN(CC(=O)O)C1CS(=O)(=O)CC1O. The zero-order chi connectivity index (χ0) is 10.9. The summed E-state index contributed by atoms with van der Waals surface area (Å²) in [5, 5.41) is 17.9. The Hall–Kier alpha value is -0.660. The maximum absolute atomic E-state index is 11.1. The number of carboxylic acid groups (broad SMARTS) is 1. The molecular weight excluding hydrogens is 210 g/mol. The summed E-state index contributed by atoms with van der Waals surface area (Å²) < 4.78 is 22.2. The number of aliphatic carboxylic acids is 1. The number of likely N-dealkylation sites (N-methyl/N-ethyl adjacent to an activating group) is 1. The number of carboxylic acids is 1. The number of hydrogen-bond donors (Lipinski definition) is 2. The Balaban J connectivity index is 2.66. The van der Waals surface area contributed by atoms with Gasteiger partial charge in [-0.25, -0.2) is 8.42 Å². The normalized spacial score (nSPS) is 30.8. The number of aliphatic hydroxyl groups excluding tert-OH is 1. The lowest BCUT2D eigenvalue weighted by Crippen LogP contribution is -2.43. The summed E-state index contributed by atoms with van der Waals surface area (Å²) in [6, 6.07) is -0.601. The minimum absolute atomic E-state index is 0.169. The van der Waals surface area contributed by atoms with E-state index in [-0.39, 0.29) is 18.1 Å². The molecule has 0 aliphatic carbocycles. The molecule has 0 aromatic rings. The van der Waals surface area contributed by atoms with Gasteiger partial charge >= 0.3 is 5.97 Å². The molecule has 0 saturated carbocycles. The van der Waals surface area contributed by atoms with Crippen molar-refractivity contribution in [1.82, 2.24) is 4.90 Å². The van der Waals surface area contributed by atoms with Crippen molar-refractivity contribution >= 4 is 15.8 Å². The molecule has 0 aromatic heterocycles. The second kappa shape index (κ2) is 3.84. The molecule has 1 fully saturated rings. The molecule has 7 heteroatoms. The van der Waals surface area contributed by atoms with Gasteiger partial charge < -0.3 is 10.2 Å². The average molecular weight is 223 g/mol. The molecule has 2 N–H and O–H groups in total. The Bertz CT molecular complexity index is 325. The molecule has 1 heterocycles. The number of rotatable bonds is 3. The molecule has 0 radical (unpaired) electrons. The topological polar surface area (TPSA) is 94.9 Å². The third-order valence-corrected chi connectivity index (χ3v) is 3.94. The van der Waals surface area contributed by atoms with E-state index in [1.54, 1.807) is 0 Å². The molecule has 2 unspecified atom stereocenters. The fourth-order valence-electron chi connectivity index (χ4n) is 1.56. The zero-order valence-corrected chi connectivity index (χ0v) is 8.57. The highest BCUT2D eigenvalue weighted by molar-refractivity contribution is 7.91. The number of aliphatic hydroxyl groups is 1. The Morgan fingerprint density at radius 2 is 2.07 bits per heavy atom. The fourth-order valence-corrected chi connectivity index (χ4v) is 3.44. The van der Waals surface area contributed by atoms with Crippen LogP contribution in [0.1, 0.15) is 0 Å². The van der Waals surface area contributed by atoms with Gasteiger partial charge in [-0.2, -0.15) is 0 Å². The molecule has 82 valence electrons. The van der Waals surface area contributed by atoms with E-state index in [1.165, 1.54) is 11.9 Å². The van der Waals surface area contributed by atoms with Gasteiger partial charge in [0.1, 0.15) is 0 Å². The van der Waals surface area contributed by atoms with Crippen molar-refractivity contribution in [3.8, 4) is 0 Å². The van der Waals surface area contributed by atoms with E-state index < -0.39 is 28.0 Å². The van der Waals surface area contributed by atoms with Crippen molar-refractivity contribution in [3.05, 3.63) is 0 Å². The van der Waals surface area contributed by atoms with Crippen LogP contribution in [-0.4, -0.2) is 66.7 Å². The van der Waals surface area contributed by atoms with Crippen molar-refractivity contribution < 1.29 is 23.4 Å². The van der Waals surface area contributed by atoms with Crippen LogP contribution >= 0.6 is 0 Å². The Morgan fingerprint density at radius 3 is 2.43 bits per heavy atom. The molecular formula is C7H13NO5S. The highest BCUT2D eigenvalue weighted by atomic mass is 32.2. The summed E-state index contributed by atoms with van der Waals surface area (Å²) in [5.41, 5.74) is 0. The Kier molecular flexibility index (Phi) is 3.13.